The summed E-state index contributed by atoms with van der Waals surface area (Å²) in [5.74, 6) is 0.501. The van der Waals surface area contributed by atoms with Crippen molar-refractivity contribution in [3.8, 4) is 5.75 Å². The Morgan fingerprint density at radius 3 is 2.46 bits per heavy atom. The van der Waals surface area contributed by atoms with E-state index in [1.165, 1.54) is 0 Å². The number of carbonyl (C=O) groups excluding carboxylic acids is 1. The minimum absolute atomic E-state index is 0.139. The molecule has 2 aromatic carbocycles. The number of ether oxygens (including phenoxy) is 2. The first-order valence-corrected chi connectivity index (χ1v) is 8.65. The molecule has 0 bridgehead atoms. The molecule has 5 heteroatoms. The van der Waals surface area contributed by atoms with Gasteiger partial charge in [-0.3, -0.25) is 9.69 Å². The minimum Gasteiger partial charge on any atom is -0.486 e. The van der Waals surface area contributed by atoms with Gasteiger partial charge in [0.25, 0.3) is 0 Å². The average Bonchev–Trinajstić information content (AvgIpc) is 2.66. The van der Waals surface area contributed by atoms with E-state index in [0.717, 1.165) is 17.7 Å². The minimum atomic E-state index is -0.220. The maximum absolute atomic E-state index is 11.6. The zero-order chi connectivity index (χ0) is 18.8. The summed E-state index contributed by atoms with van der Waals surface area (Å²) < 4.78 is 11.1. The number of carbonyl (C=O) groups is 1. The summed E-state index contributed by atoms with van der Waals surface area (Å²) >= 11 is 0. The highest BCUT2D eigenvalue weighted by Crippen LogP contribution is 2.26. The summed E-state index contributed by atoms with van der Waals surface area (Å²) in [5.41, 5.74) is 1.66. The Hall–Kier alpha value is -2.84. The lowest BCUT2D eigenvalue weighted by Crippen LogP contribution is -2.29. The zero-order valence-electron chi connectivity index (χ0n) is 15.2. The summed E-state index contributed by atoms with van der Waals surface area (Å²) in [7, 11) is 1.89. The molecule has 0 aromatic heterocycles. The highest BCUT2D eigenvalue weighted by molar-refractivity contribution is 5.71. The highest BCUT2D eigenvalue weighted by Gasteiger charge is 2.16. The van der Waals surface area contributed by atoms with Gasteiger partial charge in [0, 0.05) is 13.0 Å². The van der Waals surface area contributed by atoms with Crippen LogP contribution in [0.1, 0.15) is 25.0 Å². The second-order valence-electron chi connectivity index (χ2n) is 5.95. The summed E-state index contributed by atoms with van der Waals surface area (Å²) in [6.07, 6.45) is 0.587. The van der Waals surface area contributed by atoms with Crippen molar-refractivity contribution < 1.29 is 14.3 Å². The normalized spacial score (nSPS) is 11.6. The van der Waals surface area contributed by atoms with Gasteiger partial charge in [-0.05, 0) is 31.7 Å². The van der Waals surface area contributed by atoms with E-state index in [9.17, 15) is 4.79 Å². The van der Waals surface area contributed by atoms with Crippen LogP contribution in [-0.2, 0) is 9.53 Å². The van der Waals surface area contributed by atoms with Gasteiger partial charge in [0.2, 0.25) is 0 Å². The zero-order valence-corrected chi connectivity index (χ0v) is 15.2. The quantitative estimate of drug-likeness (QED) is 0.500. The van der Waals surface area contributed by atoms with Crippen LogP contribution in [0.5, 0.6) is 5.75 Å². The third kappa shape index (κ3) is 6.23. The molecule has 1 unspecified atom stereocenters. The molecule has 0 N–H and O–H groups in total. The first-order chi connectivity index (χ1) is 12.6. The predicted molar refractivity (Wildman–Crippen MR) is 101 cm³/mol. The second-order valence-corrected chi connectivity index (χ2v) is 5.95. The van der Waals surface area contributed by atoms with Crippen molar-refractivity contribution in [1.82, 2.24) is 4.90 Å². The van der Waals surface area contributed by atoms with Crippen molar-refractivity contribution in [2.45, 2.75) is 19.4 Å². The van der Waals surface area contributed by atoms with E-state index in [4.69, 9.17) is 16.0 Å². The van der Waals surface area contributed by atoms with E-state index < -0.39 is 0 Å². The second kappa shape index (κ2) is 10.2. The van der Waals surface area contributed by atoms with Gasteiger partial charge in [-0.2, -0.15) is 0 Å². The summed E-state index contributed by atoms with van der Waals surface area (Å²) in [6, 6.07) is 17.1. The molecule has 0 amide bonds. The molecule has 0 fully saturated rings. The van der Waals surface area contributed by atoms with Gasteiger partial charge in [-0.15, -0.1) is 0 Å². The van der Waals surface area contributed by atoms with Gasteiger partial charge < -0.3 is 9.47 Å². The lowest BCUT2D eigenvalue weighted by Gasteiger charge is -2.23. The standard InChI is InChI=1S/C21H24N2O3/c1-4-25-21(24)16-23(3)15-14-20(17-8-6-5-7-9-17)26-19-12-10-18(22-2)11-13-19/h5-13,20H,4,14-16H2,1,3H3. The van der Waals surface area contributed by atoms with Gasteiger partial charge >= 0.3 is 5.97 Å². The number of rotatable bonds is 9. The lowest BCUT2D eigenvalue weighted by molar-refractivity contribution is -0.144. The van der Waals surface area contributed by atoms with Crippen molar-refractivity contribution in [3.63, 3.8) is 0 Å². The van der Waals surface area contributed by atoms with E-state index in [0.29, 0.717) is 18.8 Å². The molecule has 0 heterocycles. The van der Waals surface area contributed by atoms with Crippen LogP contribution in [0.2, 0.25) is 0 Å². The molecule has 0 spiro atoms. The summed E-state index contributed by atoms with van der Waals surface area (Å²) in [4.78, 5) is 16.9. The van der Waals surface area contributed by atoms with Crippen molar-refractivity contribution in [3.05, 3.63) is 71.6 Å². The number of hydrogen-bond acceptors (Lipinski definition) is 4. The molecule has 0 saturated heterocycles. The fraction of sp³-hybridized carbons (Fsp3) is 0.333. The van der Waals surface area contributed by atoms with Gasteiger partial charge in [0.1, 0.15) is 11.9 Å². The summed E-state index contributed by atoms with van der Waals surface area (Å²) in [6.45, 7) is 10.2. The van der Waals surface area contributed by atoms with Crippen molar-refractivity contribution >= 4 is 11.7 Å². The Morgan fingerprint density at radius 2 is 1.85 bits per heavy atom. The van der Waals surface area contributed by atoms with Gasteiger partial charge in [-0.25, -0.2) is 4.85 Å². The molecular formula is C21H24N2O3. The van der Waals surface area contributed by atoms with Crippen LogP contribution >= 0.6 is 0 Å². The molecule has 2 aromatic rings. The van der Waals surface area contributed by atoms with Crippen LogP contribution in [0, 0.1) is 6.57 Å². The Morgan fingerprint density at radius 1 is 1.15 bits per heavy atom. The maximum Gasteiger partial charge on any atom is 0.320 e. The molecular weight excluding hydrogens is 328 g/mol. The van der Waals surface area contributed by atoms with E-state index in [2.05, 4.69) is 4.85 Å². The van der Waals surface area contributed by atoms with Gasteiger partial charge in [0.05, 0.1) is 19.7 Å². The Labute approximate surface area is 155 Å². The molecule has 5 nitrogen and oxygen atoms in total. The molecule has 26 heavy (non-hydrogen) atoms. The van der Waals surface area contributed by atoms with Crippen molar-refractivity contribution in [2.75, 3.05) is 26.7 Å². The topological polar surface area (TPSA) is 43.1 Å². The van der Waals surface area contributed by atoms with E-state index in [-0.39, 0.29) is 18.6 Å². The van der Waals surface area contributed by atoms with Gasteiger partial charge in [0.15, 0.2) is 5.69 Å². The van der Waals surface area contributed by atoms with Crippen LogP contribution in [0.15, 0.2) is 54.6 Å². The fourth-order valence-electron chi connectivity index (χ4n) is 2.57. The Balaban J connectivity index is 2.02. The Bertz CT molecular complexity index is 723. The lowest BCUT2D eigenvalue weighted by atomic mass is 10.1. The van der Waals surface area contributed by atoms with E-state index in [1.807, 2.05) is 54.4 Å². The van der Waals surface area contributed by atoms with Gasteiger partial charge in [-0.1, -0.05) is 42.5 Å². The van der Waals surface area contributed by atoms with Crippen molar-refractivity contribution in [1.29, 1.82) is 0 Å². The van der Waals surface area contributed by atoms with Crippen LogP contribution in [0.25, 0.3) is 4.85 Å². The number of nitrogens with zero attached hydrogens (tertiary/aromatic N) is 2. The van der Waals surface area contributed by atoms with E-state index >= 15 is 0 Å². The maximum atomic E-state index is 11.6. The highest BCUT2D eigenvalue weighted by atomic mass is 16.5. The SMILES string of the molecule is [C-]#[N+]c1ccc(OC(CCN(C)CC(=O)OCC)c2ccccc2)cc1. The third-order valence-electron chi connectivity index (χ3n) is 3.89. The molecule has 0 radical (unpaired) electrons. The first kappa shape index (κ1) is 19.5. The van der Waals surface area contributed by atoms with Crippen molar-refractivity contribution in [2.24, 2.45) is 0 Å². The van der Waals surface area contributed by atoms with Crippen LogP contribution < -0.4 is 4.74 Å². The molecule has 1 atom stereocenters. The van der Waals surface area contributed by atoms with Crippen LogP contribution in [0.3, 0.4) is 0 Å². The average molecular weight is 352 g/mol. The van der Waals surface area contributed by atoms with E-state index in [1.54, 1.807) is 19.1 Å². The third-order valence-corrected chi connectivity index (χ3v) is 3.89. The smallest absolute Gasteiger partial charge is 0.320 e. The molecule has 0 aliphatic carbocycles. The molecule has 136 valence electrons. The number of esters is 1. The molecule has 0 aliphatic heterocycles. The number of benzene rings is 2. The number of hydrogen-bond donors (Lipinski definition) is 0. The number of likely N-dealkylation sites (N-methyl/N-ethyl adjacent to an activating group) is 1. The molecule has 2 rings (SSSR count). The monoisotopic (exact) mass is 352 g/mol. The Kier molecular flexibility index (Phi) is 7.66. The fourth-order valence-corrected chi connectivity index (χ4v) is 2.57. The largest absolute Gasteiger partial charge is 0.486 e. The molecule has 0 saturated carbocycles. The first-order valence-electron chi connectivity index (χ1n) is 8.65. The predicted octanol–water partition coefficient (Wildman–Crippen LogP) is 4.24. The molecule has 0 aliphatic rings. The van der Waals surface area contributed by atoms with Crippen LogP contribution in [-0.4, -0.2) is 37.6 Å². The summed E-state index contributed by atoms with van der Waals surface area (Å²) in [5, 5.41) is 0. The van der Waals surface area contributed by atoms with Crippen LogP contribution in [0.4, 0.5) is 5.69 Å².